The summed E-state index contributed by atoms with van der Waals surface area (Å²) in [6.45, 7) is -1.33. The molecule has 2 aliphatic rings. The van der Waals surface area contributed by atoms with Gasteiger partial charge in [-0.15, -0.1) is 0 Å². The molecule has 0 aliphatic carbocycles. The van der Waals surface area contributed by atoms with Crippen LogP contribution in [0.2, 0.25) is 0 Å². The summed E-state index contributed by atoms with van der Waals surface area (Å²) in [6, 6.07) is 4.54. The normalized spacial score (nSPS) is 22.5. The molecule has 2 saturated heterocycles. The molecule has 18 heteroatoms. The zero-order valence-electron chi connectivity index (χ0n) is 22.3. The molecule has 4 rings (SSSR count). The van der Waals surface area contributed by atoms with Crippen LogP contribution < -0.4 is 0 Å². The highest BCUT2D eigenvalue weighted by Gasteiger charge is 2.73. The number of likely N-dealkylation sites (tertiary alicyclic amines) is 1. The highest BCUT2D eigenvalue weighted by atomic mass is 32.2. The topological polar surface area (TPSA) is 126 Å². The molecule has 242 valence electrons. The fourth-order valence-corrected chi connectivity index (χ4v) is 9.21. The Hall–Kier alpha value is -3.28. The minimum atomic E-state index is -6.44. The third-order valence-corrected chi connectivity index (χ3v) is 12.4. The number of alkyl halides is 7. The van der Waals surface area contributed by atoms with Crippen molar-refractivity contribution >= 4 is 31.6 Å². The lowest BCUT2D eigenvalue weighted by molar-refractivity contribution is -0.348. The summed E-state index contributed by atoms with van der Waals surface area (Å²) in [5.41, 5.74) is -10.4. The van der Waals surface area contributed by atoms with Gasteiger partial charge in [0.15, 0.2) is 9.84 Å². The van der Waals surface area contributed by atoms with Crippen LogP contribution in [0.25, 0.3) is 0 Å². The second-order valence-corrected chi connectivity index (χ2v) is 15.3. The molecule has 1 amide bonds. The van der Waals surface area contributed by atoms with E-state index in [1.54, 1.807) is 0 Å². The second-order valence-electron chi connectivity index (χ2n) is 10.7. The number of carbonyl (C=O) groups is 2. The number of halogens is 8. The van der Waals surface area contributed by atoms with Gasteiger partial charge < -0.3 is 10.0 Å². The van der Waals surface area contributed by atoms with Crippen molar-refractivity contribution < 1.29 is 66.7 Å². The molecule has 2 heterocycles. The molecule has 0 aromatic heterocycles. The van der Waals surface area contributed by atoms with E-state index < -0.39 is 125 Å². The number of hydrogen-bond donors (Lipinski definition) is 1. The quantitative estimate of drug-likeness (QED) is 0.275. The molecule has 0 bridgehead atoms. The van der Waals surface area contributed by atoms with Gasteiger partial charge in [-0.05, 0) is 49.1 Å². The number of sulfone groups is 2. The van der Waals surface area contributed by atoms with Gasteiger partial charge in [-0.1, -0.05) is 24.3 Å². The number of carbonyl (C=O) groups excluding carboxylic acids is 1. The standard InChI is InChI=1S/C26H23F8NO7S2/c27-18-5-7-19(8-6-18)44(41,42)23(16-1-3-17(4-2-16)24(28,25(29,30)31)26(32,33)34)9-12-35(15-23)20(36)22(21(37)38)10-13-43(39,40)14-11-22/h1-8H,9-15H2,(H,37,38)/t23-/m0/s1. The van der Waals surface area contributed by atoms with Crippen LogP contribution in [0.15, 0.2) is 53.4 Å². The van der Waals surface area contributed by atoms with Crippen LogP contribution in [0.1, 0.15) is 30.4 Å². The summed E-state index contributed by atoms with van der Waals surface area (Å²) >= 11 is 0. The highest BCUT2D eigenvalue weighted by Crippen LogP contribution is 2.54. The number of nitrogens with zero attached hydrogens (tertiary/aromatic N) is 1. The first kappa shape index (κ1) is 33.6. The zero-order valence-corrected chi connectivity index (χ0v) is 23.9. The van der Waals surface area contributed by atoms with E-state index in [-0.39, 0.29) is 12.1 Å². The van der Waals surface area contributed by atoms with Crippen molar-refractivity contribution in [3.05, 3.63) is 65.5 Å². The maximum atomic E-state index is 14.7. The van der Waals surface area contributed by atoms with Crippen molar-refractivity contribution in [3.8, 4) is 0 Å². The summed E-state index contributed by atoms with van der Waals surface area (Å²) < 4.78 is 158. The first-order valence-corrected chi connectivity index (χ1v) is 16.0. The number of carboxylic acid groups (broad SMARTS) is 1. The molecule has 2 aromatic carbocycles. The average molecular weight is 678 g/mol. The molecule has 8 nitrogen and oxygen atoms in total. The third-order valence-electron chi connectivity index (χ3n) is 8.25. The second kappa shape index (κ2) is 10.7. The lowest BCUT2D eigenvalue weighted by Crippen LogP contribution is -2.53. The fourth-order valence-electron chi connectivity index (χ4n) is 5.60. The Labute approximate surface area is 245 Å². The van der Waals surface area contributed by atoms with Crippen molar-refractivity contribution in [1.29, 1.82) is 0 Å². The van der Waals surface area contributed by atoms with Crippen LogP contribution in [-0.2, 0) is 39.7 Å². The number of benzene rings is 2. The maximum Gasteiger partial charge on any atom is 0.435 e. The molecule has 1 atom stereocenters. The minimum Gasteiger partial charge on any atom is -0.480 e. The monoisotopic (exact) mass is 677 g/mol. The van der Waals surface area contributed by atoms with E-state index in [1.165, 1.54) is 0 Å². The van der Waals surface area contributed by atoms with E-state index in [4.69, 9.17) is 0 Å². The van der Waals surface area contributed by atoms with Gasteiger partial charge in [0.2, 0.25) is 5.91 Å². The predicted molar refractivity (Wildman–Crippen MR) is 136 cm³/mol. The Kier molecular flexibility index (Phi) is 8.15. The lowest BCUT2D eigenvalue weighted by Gasteiger charge is -2.36. The molecule has 0 saturated carbocycles. The van der Waals surface area contributed by atoms with Crippen LogP contribution in [0.3, 0.4) is 0 Å². The van der Waals surface area contributed by atoms with E-state index in [0.717, 1.165) is 29.2 Å². The molecular formula is C26H23F8NO7S2. The van der Waals surface area contributed by atoms with Gasteiger partial charge in [0.25, 0.3) is 0 Å². The molecule has 0 radical (unpaired) electrons. The fraction of sp³-hybridized carbons (Fsp3) is 0.462. The zero-order chi connectivity index (χ0) is 33.1. The molecule has 2 aliphatic heterocycles. The lowest BCUT2D eigenvalue weighted by atomic mass is 9.80. The van der Waals surface area contributed by atoms with Crippen LogP contribution in [0.5, 0.6) is 0 Å². The Bertz CT molecular complexity index is 1640. The van der Waals surface area contributed by atoms with Crippen LogP contribution in [-0.4, -0.2) is 75.7 Å². The first-order chi connectivity index (χ1) is 20.0. The summed E-state index contributed by atoms with van der Waals surface area (Å²) in [5.74, 6) is -4.95. The van der Waals surface area contributed by atoms with Gasteiger partial charge >= 0.3 is 24.0 Å². The first-order valence-electron chi connectivity index (χ1n) is 12.7. The summed E-state index contributed by atoms with van der Waals surface area (Å²) in [6.07, 6.45) is -14.7. The number of amides is 1. The van der Waals surface area contributed by atoms with Crippen molar-refractivity contribution in [1.82, 2.24) is 4.90 Å². The third kappa shape index (κ3) is 5.22. The molecule has 1 N–H and O–H groups in total. The van der Waals surface area contributed by atoms with E-state index >= 15 is 0 Å². The van der Waals surface area contributed by atoms with E-state index in [2.05, 4.69) is 0 Å². The van der Waals surface area contributed by atoms with Crippen molar-refractivity contribution in [2.75, 3.05) is 24.6 Å². The van der Waals surface area contributed by atoms with Gasteiger partial charge in [-0.25, -0.2) is 25.6 Å². The van der Waals surface area contributed by atoms with Crippen molar-refractivity contribution in [2.24, 2.45) is 5.41 Å². The molecule has 44 heavy (non-hydrogen) atoms. The highest BCUT2D eigenvalue weighted by molar-refractivity contribution is 7.92. The molecular weight excluding hydrogens is 654 g/mol. The molecule has 0 spiro atoms. The molecule has 2 aromatic rings. The van der Waals surface area contributed by atoms with Crippen LogP contribution in [0.4, 0.5) is 35.1 Å². The Morgan fingerprint density at radius 1 is 0.818 bits per heavy atom. The van der Waals surface area contributed by atoms with Gasteiger partial charge in [0.05, 0.1) is 16.4 Å². The van der Waals surface area contributed by atoms with Gasteiger partial charge in [-0.2, -0.15) is 26.3 Å². The van der Waals surface area contributed by atoms with Gasteiger partial charge in [-0.3, -0.25) is 9.59 Å². The van der Waals surface area contributed by atoms with E-state index in [9.17, 15) is 66.7 Å². The smallest absolute Gasteiger partial charge is 0.435 e. The SMILES string of the molecule is O=C(O)C1(C(=O)N2CC[C@](c3ccc(C(F)(C(F)(F)F)C(F)(F)F)cc3)(S(=O)(=O)c3ccc(F)cc3)C2)CCS(=O)(=O)CC1. The van der Waals surface area contributed by atoms with Crippen LogP contribution >= 0.6 is 0 Å². The summed E-state index contributed by atoms with van der Waals surface area (Å²) in [5, 5.41) is 9.92. The number of aliphatic carboxylic acids is 1. The largest absolute Gasteiger partial charge is 0.480 e. The summed E-state index contributed by atoms with van der Waals surface area (Å²) in [4.78, 5) is 26.1. The minimum absolute atomic E-state index is 0.119. The maximum absolute atomic E-state index is 14.7. The van der Waals surface area contributed by atoms with Gasteiger partial charge in [0.1, 0.15) is 25.8 Å². The van der Waals surface area contributed by atoms with Crippen LogP contribution in [0, 0.1) is 11.2 Å². The predicted octanol–water partition coefficient (Wildman–Crippen LogP) is 4.30. The van der Waals surface area contributed by atoms with E-state index in [1.807, 2.05) is 0 Å². The summed E-state index contributed by atoms with van der Waals surface area (Å²) in [7, 11) is -8.43. The number of hydrogen-bond acceptors (Lipinski definition) is 6. The molecule has 0 unspecified atom stereocenters. The van der Waals surface area contributed by atoms with Gasteiger partial charge in [0, 0.05) is 18.7 Å². The Morgan fingerprint density at radius 2 is 1.32 bits per heavy atom. The van der Waals surface area contributed by atoms with Crippen molar-refractivity contribution in [2.45, 2.75) is 46.9 Å². The Morgan fingerprint density at radius 3 is 1.77 bits per heavy atom. The molecule has 2 fully saturated rings. The number of rotatable bonds is 6. The Balaban J connectivity index is 1.84. The number of carboxylic acids is 1. The van der Waals surface area contributed by atoms with Crippen molar-refractivity contribution in [3.63, 3.8) is 0 Å². The average Bonchev–Trinajstić information content (AvgIpc) is 3.39. The van der Waals surface area contributed by atoms with E-state index in [0.29, 0.717) is 12.1 Å².